The van der Waals surface area contributed by atoms with Crippen molar-refractivity contribution in [3.8, 4) is 0 Å². The predicted molar refractivity (Wildman–Crippen MR) is 85.3 cm³/mol. The number of aromatic nitrogens is 1. The third-order valence-electron chi connectivity index (χ3n) is 3.57. The summed E-state index contributed by atoms with van der Waals surface area (Å²) in [6, 6.07) is 9.06. The van der Waals surface area contributed by atoms with Crippen LogP contribution in [0.25, 0.3) is 0 Å². The fourth-order valence-corrected chi connectivity index (χ4v) is 2.32. The second kappa shape index (κ2) is 6.14. The molecule has 2 N–H and O–H groups in total. The van der Waals surface area contributed by atoms with Crippen LogP contribution in [0.15, 0.2) is 36.5 Å². The van der Waals surface area contributed by atoms with Crippen LogP contribution in [0.3, 0.4) is 0 Å². The molecule has 2 rings (SSSR count). The van der Waals surface area contributed by atoms with E-state index in [-0.39, 0.29) is 11.9 Å². The van der Waals surface area contributed by atoms with Crippen molar-refractivity contribution >= 4 is 23.2 Å². The summed E-state index contributed by atoms with van der Waals surface area (Å²) in [4.78, 5) is 18.4. The molecule has 0 fully saturated rings. The highest BCUT2D eigenvalue weighted by atomic mass is 35.5. The molecule has 1 aromatic carbocycles. The van der Waals surface area contributed by atoms with Gasteiger partial charge >= 0.3 is 0 Å². The SMILES string of the molecule is Cc1ncc(N)cc1C(=O)N(C)C(C)c1cccc(Cl)c1. The highest BCUT2D eigenvalue weighted by molar-refractivity contribution is 6.30. The highest BCUT2D eigenvalue weighted by Crippen LogP contribution is 2.24. The van der Waals surface area contributed by atoms with Crippen LogP contribution in [-0.4, -0.2) is 22.8 Å². The minimum Gasteiger partial charge on any atom is -0.397 e. The van der Waals surface area contributed by atoms with Crippen LogP contribution >= 0.6 is 11.6 Å². The van der Waals surface area contributed by atoms with Gasteiger partial charge in [0.2, 0.25) is 0 Å². The number of hydrogen-bond donors (Lipinski definition) is 1. The van der Waals surface area contributed by atoms with Gasteiger partial charge in [0.25, 0.3) is 5.91 Å². The monoisotopic (exact) mass is 303 g/mol. The molecule has 0 bridgehead atoms. The van der Waals surface area contributed by atoms with Crippen molar-refractivity contribution in [3.05, 3.63) is 58.4 Å². The van der Waals surface area contributed by atoms with Gasteiger partial charge in [-0.05, 0) is 37.6 Å². The van der Waals surface area contributed by atoms with E-state index >= 15 is 0 Å². The summed E-state index contributed by atoms with van der Waals surface area (Å²) in [7, 11) is 1.76. The zero-order valence-electron chi connectivity index (χ0n) is 12.3. The number of hydrogen-bond acceptors (Lipinski definition) is 3. The first kappa shape index (κ1) is 15.3. The number of nitrogens with zero attached hydrogens (tertiary/aromatic N) is 2. The predicted octanol–water partition coefficient (Wildman–Crippen LogP) is 3.46. The van der Waals surface area contributed by atoms with E-state index in [0.29, 0.717) is 22.0 Å². The molecular weight excluding hydrogens is 286 g/mol. The topological polar surface area (TPSA) is 59.2 Å². The minimum absolute atomic E-state index is 0.1000. The van der Waals surface area contributed by atoms with Crippen molar-refractivity contribution in [3.63, 3.8) is 0 Å². The third-order valence-corrected chi connectivity index (χ3v) is 3.81. The van der Waals surface area contributed by atoms with Gasteiger partial charge in [-0.1, -0.05) is 23.7 Å². The van der Waals surface area contributed by atoms with Crippen molar-refractivity contribution < 1.29 is 4.79 Å². The van der Waals surface area contributed by atoms with E-state index in [2.05, 4.69) is 4.98 Å². The molecule has 0 saturated heterocycles. The van der Waals surface area contributed by atoms with Gasteiger partial charge in [0.15, 0.2) is 0 Å². The Morgan fingerprint density at radius 3 is 2.76 bits per heavy atom. The lowest BCUT2D eigenvalue weighted by Gasteiger charge is -2.26. The fourth-order valence-electron chi connectivity index (χ4n) is 2.12. The molecule has 21 heavy (non-hydrogen) atoms. The summed E-state index contributed by atoms with van der Waals surface area (Å²) in [6.07, 6.45) is 1.55. The molecule has 1 aromatic heterocycles. The Labute approximate surface area is 129 Å². The van der Waals surface area contributed by atoms with E-state index in [1.807, 2.05) is 31.2 Å². The van der Waals surface area contributed by atoms with E-state index in [1.54, 1.807) is 31.1 Å². The molecule has 0 aliphatic rings. The number of halogens is 1. The maximum absolute atomic E-state index is 12.6. The van der Waals surface area contributed by atoms with Crippen LogP contribution in [0.1, 0.15) is 34.6 Å². The molecule has 5 heteroatoms. The Kier molecular flexibility index (Phi) is 4.48. The summed E-state index contributed by atoms with van der Waals surface area (Å²) in [6.45, 7) is 3.75. The number of amides is 1. The smallest absolute Gasteiger partial charge is 0.256 e. The Hall–Kier alpha value is -2.07. The Balaban J connectivity index is 2.28. The number of anilines is 1. The maximum atomic E-state index is 12.6. The summed E-state index contributed by atoms with van der Waals surface area (Å²) in [5, 5.41) is 0.655. The second-order valence-corrected chi connectivity index (χ2v) is 5.49. The lowest BCUT2D eigenvalue weighted by atomic mass is 10.1. The second-order valence-electron chi connectivity index (χ2n) is 5.05. The molecule has 110 valence electrons. The number of benzene rings is 1. The lowest BCUT2D eigenvalue weighted by molar-refractivity contribution is 0.0741. The quantitative estimate of drug-likeness (QED) is 0.944. The summed E-state index contributed by atoms with van der Waals surface area (Å²) >= 11 is 6.01. The first-order valence-corrected chi connectivity index (χ1v) is 7.02. The third kappa shape index (κ3) is 3.34. The van der Waals surface area contributed by atoms with Crippen LogP contribution < -0.4 is 5.73 Å². The first-order chi connectivity index (χ1) is 9.90. The molecule has 1 atom stereocenters. The Morgan fingerprint density at radius 2 is 2.10 bits per heavy atom. The number of rotatable bonds is 3. The number of carbonyl (C=O) groups is 1. The molecule has 1 amide bonds. The molecule has 1 heterocycles. The molecular formula is C16H18ClN3O. The molecule has 0 saturated carbocycles. The van der Waals surface area contributed by atoms with Gasteiger partial charge in [-0.15, -0.1) is 0 Å². The van der Waals surface area contributed by atoms with E-state index < -0.39 is 0 Å². The zero-order valence-corrected chi connectivity index (χ0v) is 13.1. The van der Waals surface area contributed by atoms with E-state index in [4.69, 9.17) is 17.3 Å². The number of nitrogen functional groups attached to an aromatic ring is 1. The van der Waals surface area contributed by atoms with Gasteiger partial charge < -0.3 is 10.6 Å². The highest BCUT2D eigenvalue weighted by Gasteiger charge is 2.21. The van der Waals surface area contributed by atoms with Gasteiger partial charge in [-0.25, -0.2) is 0 Å². The average Bonchev–Trinajstić information content (AvgIpc) is 2.47. The van der Waals surface area contributed by atoms with E-state index in [9.17, 15) is 4.79 Å². The summed E-state index contributed by atoms with van der Waals surface area (Å²) < 4.78 is 0. The summed E-state index contributed by atoms with van der Waals surface area (Å²) in [5.74, 6) is -0.111. The normalized spacial score (nSPS) is 12.0. The van der Waals surface area contributed by atoms with Gasteiger partial charge in [0, 0.05) is 12.1 Å². The molecule has 2 aromatic rings. The fraction of sp³-hybridized carbons (Fsp3) is 0.250. The Bertz CT molecular complexity index is 672. The first-order valence-electron chi connectivity index (χ1n) is 6.65. The van der Waals surface area contributed by atoms with Crippen LogP contribution in [0.4, 0.5) is 5.69 Å². The van der Waals surface area contributed by atoms with Crippen LogP contribution in [0, 0.1) is 6.92 Å². The van der Waals surface area contributed by atoms with Crippen molar-refractivity contribution in [2.75, 3.05) is 12.8 Å². The maximum Gasteiger partial charge on any atom is 0.256 e. The molecule has 0 aliphatic carbocycles. The number of carbonyl (C=O) groups excluding carboxylic acids is 1. The molecule has 0 aliphatic heterocycles. The number of nitrogens with two attached hydrogens (primary N) is 1. The largest absolute Gasteiger partial charge is 0.397 e. The van der Waals surface area contributed by atoms with E-state index in [0.717, 1.165) is 5.56 Å². The number of aryl methyl sites for hydroxylation is 1. The van der Waals surface area contributed by atoms with Gasteiger partial charge in [0.1, 0.15) is 0 Å². The standard InChI is InChI=1S/C16H18ClN3O/c1-10-15(8-14(18)9-19-10)16(21)20(3)11(2)12-5-4-6-13(17)7-12/h4-9,11H,18H2,1-3H3. The van der Waals surface area contributed by atoms with Crippen molar-refractivity contribution in [1.82, 2.24) is 9.88 Å². The van der Waals surface area contributed by atoms with Gasteiger partial charge in [-0.2, -0.15) is 0 Å². The average molecular weight is 304 g/mol. The Morgan fingerprint density at radius 1 is 1.38 bits per heavy atom. The number of pyridine rings is 1. The molecule has 1 unspecified atom stereocenters. The summed E-state index contributed by atoms with van der Waals surface area (Å²) in [5.41, 5.74) is 8.37. The van der Waals surface area contributed by atoms with Gasteiger partial charge in [0.05, 0.1) is 29.2 Å². The molecule has 4 nitrogen and oxygen atoms in total. The van der Waals surface area contributed by atoms with Crippen molar-refractivity contribution in [1.29, 1.82) is 0 Å². The molecule has 0 radical (unpaired) electrons. The van der Waals surface area contributed by atoms with Crippen LogP contribution in [0.2, 0.25) is 5.02 Å². The molecule has 0 spiro atoms. The van der Waals surface area contributed by atoms with Crippen molar-refractivity contribution in [2.24, 2.45) is 0 Å². The van der Waals surface area contributed by atoms with Crippen LogP contribution in [0.5, 0.6) is 0 Å². The van der Waals surface area contributed by atoms with Crippen molar-refractivity contribution in [2.45, 2.75) is 19.9 Å². The van der Waals surface area contributed by atoms with Crippen LogP contribution in [-0.2, 0) is 0 Å². The van der Waals surface area contributed by atoms with E-state index in [1.165, 1.54) is 0 Å². The lowest BCUT2D eigenvalue weighted by Crippen LogP contribution is -2.30. The minimum atomic E-state index is -0.111. The zero-order chi connectivity index (χ0) is 15.6. The van der Waals surface area contributed by atoms with Gasteiger partial charge in [-0.3, -0.25) is 9.78 Å².